The number of carbonyl (C=O) groups excluding carboxylic acids is 3. The van der Waals surface area contributed by atoms with Crippen LogP contribution in [0.1, 0.15) is 89.9 Å². The molecule has 3 atom stereocenters. The molecule has 10 heteroatoms. The summed E-state index contributed by atoms with van der Waals surface area (Å²) in [5.74, 6) is 1.41. The zero-order valence-electron chi connectivity index (χ0n) is 30.4. The topological polar surface area (TPSA) is 96.4 Å². The Hall–Kier alpha value is -4.44. The second-order valence-corrected chi connectivity index (χ2v) is 16.4. The van der Waals surface area contributed by atoms with Crippen LogP contribution in [0, 0.1) is 23.6 Å². The van der Waals surface area contributed by atoms with E-state index in [9.17, 15) is 19.5 Å². The molecule has 4 aliphatic heterocycles. The number of piperidine rings is 2. The van der Waals surface area contributed by atoms with Gasteiger partial charge in [-0.15, -0.1) is 0 Å². The Morgan fingerprint density at radius 2 is 1.58 bits per heavy atom. The van der Waals surface area contributed by atoms with E-state index in [2.05, 4.69) is 38.2 Å². The number of hydrogen-bond acceptors (Lipinski definition) is 7. The fourth-order valence-electron chi connectivity index (χ4n) is 10.3. The number of benzene rings is 3. The average Bonchev–Trinajstić information content (AvgIpc) is 3.46. The van der Waals surface area contributed by atoms with Crippen LogP contribution < -0.4 is 15.1 Å². The molecule has 3 saturated heterocycles. The SMILES string of the molecule is O=C1CC[C@@H](N2Cc3cc(N4CCN(CC5CCN(c6ccc([C@@H]7c8ccc(O)cc8CC[C@@H]7C7CCC7)cc6F)CC5)CC4)ccc3C2=O)C(=O)N1. The molecule has 6 aliphatic rings. The standard InChI is InChI=1S/C43H50FN5O4/c44-37-24-30(41-34(28-2-1-3-28)8-4-29-23-33(50)7-10-35(29)41)5-11-38(37)48-16-14-27(15-17-48)25-46-18-20-47(21-19-46)32-6-9-36-31(22-32)26-49(43(36)53)39-12-13-40(51)45-42(39)52/h5-7,9-11,22-24,27-28,34,39,41,50H,1-4,8,12-21,25-26H2,(H,45,51,52)/t34-,39-,41+/m1/s1. The van der Waals surface area contributed by atoms with Crippen LogP contribution in [-0.2, 0) is 22.6 Å². The highest BCUT2D eigenvalue weighted by Crippen LogP contribution is 2.50. The lowest BCUT2D eigenvalue weighted by molar-refractivity contribution is -0.136. The molecule has 0 radical (unpaired) electrons. The van der Waals surface area contributed by atoms with Crippen molar-refractivity contribution in [2.24, 2.45) is 17.8 Å². The third-order valence-corrected chi connectivity index (χ3v) is 13.4. The number of piperazine rings is 1. The quantitative estimate of drug-likeness (QED) is 0.297. The van der Waals surface area contributed by atoms with Gasteiger partial charge in [0.2, 0.25) is 11.8 Å². The Kier molecular flexibility index (Phi) is 9.12. The predicted molar refractivity (Wildman–Crippen MR) is 202 cm³/mol. The lowest BCUT2D eigenvalue weighted by Crippen LogP contribution is -2.52. The number of phenolic OH excluding ortho intramolecular Hbond substituents is 1. The summed E-state index contributed by atoms with van der Waals surface area (Å²) >= 11 is 0. The molecular formula is C43H50FN5O4. The van der Waals surface area contributed by atoms with Crippen molar-refractivity contribution in [1.82, 2.24) is 15.1 Å². The number of aryl methyl sites for hydroxylation is 1. The largest absolute Gasteiger partial charge is 0.508 e. The molecule has 4 fully saturated rings. The number of hydrogen-bond donors (Lipinski definition) is 2. The van der Waals surface area contributed by atoms with Gasteiger partial charge in [-0.3, -0.25) is 24.6 Å². The van der Waals surface area contributed by atoms with E-state index in [-0.39, 0.29) is 35.9 Å². The number of phenols is 1. The van der Waals surface area contributed by atoms with Gasteiger partial charge in [0.1, 0.15) is 17.6 Å². The van der Waals surface area contributed by atoms with Gasteiger partial charge in [-0.1, -0.05) is 31.4 Å². The van der Waals surface area contributed by atoms with Crippen LogP contribution in [0.4, 0.5) is 15.8 Å². The number of rotatable bonds is 7. The van der Waals surface area contributed by atoms with Gasteiger partial charge in [-0.2, -0.15) is 0 Å². The number of aromatic hydroxyl groups is 1. The van der Waals surface area contributed by atoms with Crippen molar-refractivity contribution < 1.29 is 23.9 Å². The maximum Gasteiger partial charge on any atom is 0.255 e. The van der Waals surface area contributed by atoms with E-state index in [1.807, 2.05) is 30.3 Å². The number of nitrogens with one attached hydrogen (secondary N) is 1. The van der Waals surface area contributed by atoms with Crippen LogP contribution in [0.5, 0.6) is 5.75 Å². The van der Waals surface area contributed by atoms with E-state index in [4.69, 9.17) is 0 Å². The zero-order valence-corrected chi connectivity index (χ0v) is 30.4. The van der Waals surface area contributed by atoms with Crippen molar-refractivity contribution in [2.75, 3.05) is 55.6 Å². The third kappa shape index (κ3) is 6.57. The highest BCUT2D eigenvalue weighted by atomic mass is 19.1. The van der Waals surface area contributed by atoms with Gasteiger partial charge < -0.3 is 19.8 Å². The van der Waals surface area contributed by atoms with Gasteiger partial charge in [-0.05, 0) is 115 Å². The van der Waals surface area contributed by atoms with E-state index in [1.54, 1.807) is 11.0 Å². The van der Waals surface area contributed by atoms with Crippen LogP contribution in [0.25, 0.3) is 0 Å². The number of fused-ring (bicyclic) bond motifs is 2. The molecule has 9 nitrogen and oxygen atoms in total. The molecule has 0 aromatic heterocycles. The van der Waals surface area contributed by atoms with Gasteiger partial charge in [0.15, 0.2) is 0 Å². The molecule has 9 rings (SSSR count). The van der Waals surface area contributed by atoms with Crippen LogP contribution >= 0.6 is 0 Å². The summed E-state index contributed by atoms with van der Waals surface area (Å²) in [4.78, 5) is 46.0. The summed E-state index contributed by atoms with van der Waals surface area (Å²) < 4.78 is 16.0. The molecule has 2 aliphatic carbocycles. The Bertz CT molecular complexity index is 1910. The van der Waals surface area contributed by atoms with Crippen molar-refractivity contribution in [2.45, 2.75) is 76.3 Å². The first-order valence-corrected chi connectivity index (χ1v) is 19.9. The minimum absolute atomic E-state index is 0.116. The van der Waals surface area contributed by atoms with Crippen molar-refractivity contribution in [3.63, 3.8) is 0 Å². The molecule has 278 valence electrons. The molecule has 1 saturated carbocycles. The summed E-state index contributed by atoms with van der Waals surface area (Å²) in [6, 6.07) is 17.2. The Morgan fingerprint density at radius 3 is 2.32 bits per heavy atom. The molecular weight excluding hydrogens is 670 g/mol. The monoisotopic (exact) mass is 719 g/mol. The molecule has 3 amide bonds. The van der Waals surface area contributed by atoms with Crippen LogP contribution in [0.3, 0.4) is 0 Å². The highest BCUT2D eigenvalue weighted by molar-refractivity contribution is 6.05. The second kappa shape index (κ2) is 14.1. The first-order chi connectivity index (χ1) is 25.8. The fourth-order valence-corrected chi connectivity index (χ4v) is 10.3. The number of anilines is 2. The van der Waals surface area contributed by atoms with E-state index in [0.29, 0.717) is 42.0 Å². The van der Waals surface area contributed by atoms with Crippen molar-refractivity contribution in [1.29, 1.82) is 0 Å². The smallest absolute Gasteiger partial charge is 0.255 e. The van der Waals surface area contributed by atoms with E-state index in [0.717, 1.165) is 94.0 Å². The summed E-state index contributed by atoms with van der Waals surface area (Å²) in [6.07, 6.45) is 8.64. The van der Waals surface area contributed by atoms with Gasteiger partial charge in [0, 0.05) is 75.9 Å². The average molecular weight is 720 g/mol. The van der Waals surface area contributed by atoms with Crippen molar-refractivity contribution in [3.8, 4) is 5.75 Å². The highest BCUT2D eigenvalue weighted by Gasteiger charge is 2.40. The maximum atomic E-state index is 16.0. The Morgan fingerprint density at radius 1 is 0.774 bits per heavy atom. The lowest BCUT2D eigenvalue weighted by atomic mass is 9.62. The Labute approximate surface area is 311 Å². The van der Waals surface area contributed by atoms with Gasteiger partial charge in [-0.25, -0.2) is 4.39 Å². The maximum absolute atomic E-state index is 16.0. The number of amides is 3. The predicted octanol–water partition coefficient (Wildman–Crippen LogP) is 5.83. The number of nitrogens with zero attached hydrogens (tertiary/aromatic N) is 4. The molecule has 53 heavy (non-hydrogen) atoms. The molecule has 2 N–H and O–H groups in total. The van der Waals surface area contributed by atoms with E-state index in [1.165, 1.54) is 30.4 Å². The molecule has 4 heterocycles. The normalized spacial score (nSPS) is 25.6. The third-order valence-electron chi connectivity index (χ3n) is 13.4. The minimum Gasteiger partial charge on any atom is -0.508 e. The van der Waals surface area contributed by atoms with Crippen LogP contribution in [-0.4, -0.2) is 84.5 Å². The van der Waals surface area contributed by atoms with Gasteiger partial charge in [0.05, 0.1) is 5.69 Å². The van der Waals surface area contributed by atoms with Crippen molar-refractivity contribution in [3.05, 3.63) is 88.2 Å². The van der Waals surface area contributed by atoms with Crippen molar-refractivity contribution >= 4 is 29.1 Å². The summed E-state index contributed by atoms with van der Waals surface area (Å²) in [6.45, 7) is 6.94. The molecule has 3 aromatic rings. The lowest BCUT2D eigenvalue weighted by Gasteiger charge is -2.43. The summed E-state index contributed by atoms with van der Waals surface area (Å²) in [7, 11) is 0. The minimum atomic E-state index is -0.599. The number of halogens is 1. The number of imide groups is 1. The molecule has 0 spiro atoms. The second-order valence-electron chi connectivity index (χ2n) is 16.4. The first-order valence-electron chi connectivity index (χ1n) is 19.9. The zero-order chi connectivity index (χ0) is 36.2. The van der Waals surface area contributed by atoms with Gasteiger partial charge in [0.25, 0.3) is 5.91 Å². The fraction of sp³-hybridized carbons (Fsp3) is 0.512. The number of carbonyl (C=O) groups is 3. The molecule has 3 aromatic carbocycles. The first kappa shape index (κ1) is 34.3. The summed E-state index contributed by atoms with van der Waals surface area (Å²) in [5.41, 5.74) is 6.96. The Balaban J connectivity index is 0.782. The van der Waals surface area contributed by atoms with Crippen LogP contribution in [0.15, 0.2) is 54.6 Å². The van der Waals surface area contributed by atoms with E-state index < -0.39 is 6.04 Å². The molecule has 0 unspecified atom stereocenters. The van der Waals surface area contributed by atoms with E-state index >= 15 is 4.39 Å². The molecule has 0 bridgehead atoms. The summed E-state index contributed by atoms with van der Waals surface area (Å²) in [5, 5.41) is 12.5. The van der Waals surface area contributed by atoms with Crippen LogP contribution in [0.2, 0.25) is 0 Å². The van der Waals surface area contributed by atoms with Gasteiger partial charge >= 0.3 is 0 Å².